The van der Waals surface area contributed by atoms with Crippen molar-refractivity contribution in [3.05, 3.63) is 33.9 Å². The van der Waals surface area contributed by atoms with E-state index in [-0.39, 0.29) is 35.5 Å². The number of aliphatic hydroxyl groups excluding tert-OH is 1. The molecule has 10 nitrogen and oxygen atoms in total. The number of phenolic OH excluding ortho intramolecular Hbond substituents is 6. The predicted molar refractivity (Wildman–Crippen MR) is 89.9 cm³/mol. The zero-order chi connectivity index (χ0) is 20.3. The van der Waals surface area contributed by atoms with Crippen LogP contribution in [0.25, 0.3) is 0 Å². The van der Waals surface area contributed by atoms with Gasteiger partial charge in [-0.1, -0.05) is 0 Å². The van der Waals surface area contributed by atoms with Gasteiger partial charge in [0.1, 0.15) is 12.2 Å². The van der Waals surface area contributed by atoms with Gasteiger partial charge in [-0.3, -0.25) is 0 Å². The molecule has 0 saturated carbocycles. The van der Waals surface area contributed by atoms with Crippen molar-refractivity contribution in [1.82, 2.24) is 0 Å². The number of aromatic hydroxyl groups is 6. The van der Waals surface area contributed by atoms with Crippen molar-refractivity contribution in [2.75, 3.05) is 7.11 Å². The lowest BCUT2D eigenvalue weighted by Crippen LogP contribution is -2.11. The summed E-state index contributed by atoms with van der Waals surface area (Å²) in [4.78, 5) is 0. The van der Waals surface area contributed by atoms with Crippen molar-refractivity contribution in [1.29, 1.82) is 0 Å². The fourth-order valence-corrected chi connectivity index (χ4v) is 3.78. The first kappa shape index (κ1) is 18.4. The van der Waals surface area contributed by atoms with Gasteiger partial charge in [0.15, 0.2) is 29.3 Å². The van der Waals surface area contributed by atoms with E-state index in [1.807, 2.05) is 0 Å². The van der Waals surface area contributed by atoms with Gasteiger partial charge in [0, 0.05) is 29.4 Å². The molecule has 0 saturated heterocycles. The SMILES string of the molecule is COCc1c(O)c(O)c(O)c2c1CO[C@H]2[C@H]1O[C@H](O)c2cc(O)c(O)c(O)c21. The van der Waals surface area contributed by atoms with Gasteiger partial charge in [0.25, 0.3) is 0 Å². The molecule has 4 rings (SSSR count). The van der Waals surface area contributed by atoms with Crippen molar-refractivity contribution in [2.24, 2.45) is 0 Å². The summed E-state index contributed by atoms with van der Waals surface area (Å²) in [6.07, 6.45) is -3.80. The molecule has 0 aliphatic carbocycles. The summed E-state index contributed by atoms with van der Waals surface area (Å²) in [5.74, 6) is -4.08. The van der Waals surface area contributed by atoms with Gasteiger partial charge in [0.2, 0.25) is 11.5 Å². The van der Waals surface area contributed by atoms with Gasteiger partial charge < -0.3 is 50.0 Å². The first-order valence-electron chi connectivity index (χ1n) is 8.28. The van der Waals surface area contributed by atoms with Gasteiger partial charge in [-0.05, 0) is 11.6 Å². The fourth-order valence-electron chi connectivity index (χ4n) is 3.78. The normalized spacial score (nSPS) is 23.0. The Balaban J connectivity index is 1.88. The summed E-state index contributed by atoms with van der Waals surface area (Å²) in [5.41, 5.74) is 0.676. The van der Waals surface area contributed by atoms with Crippen LogP contribution in [0.15, 0.2) is 6.07 Å². The molecule has 7 N–H and O–H groups in total. The highest BCUT2D eigenvalue weighted by Crippen LogP contribution is 2.59. The third-order valence-corrected chi connectivity index (χ3v) is 5.09. The maximum atomic E-state index is 10.4. The highest BCUT2D eigenvalue weighted by molar-refractivity contribution is 5.65. The fraction of sp³-hybridized carbons (Fsp3) is 0.333. The summed E-state index contributed by atoms with van der Waals surface area (Å²) in [6, 6.07) is 1.05. The Labute approximate surface area is 158 Å². The van der Waals surface area contributed by atoms with Crippen LogP contribution in [0.5, 0.6) is 34.5 Å². The quantitative estimate of drug-likeness (QED) is 0.378. The van der Waals surface area contributed by atoms with Crippen LogP contribution in [-0.4, -0.2) is 42.9 Å². The Kier molecular flexibility index (Phi) is 4.16. The molecular weight excluding hydrogens is 376 g/mol. The summed E-state index contributed by atoms with van der Waals surface area (Å²) in [5, 5.41) is 70.6. The van der Waals surface area contributed by atoms with Gasteiger partial charge in [-0.25, -0.2) is 0 Å². The summed E-state index contributed by atoms with van der Waals surface area (Å²) < 4.78 is 16.2. The number of rotatable bonds is 3. The van der Waals surface area contributed by atoms with Crippen molar-refractivity contribution < 1.29 is 50.0 Å². The number of methoxy groups -OCH3 is 1. The van der Waals surface area contributed by atoms with Gasteiger partial charge in [-0.15, -0.1) is 0 Å². The van der Waals surface area contributed by atoms with E-state index in [1.54, 1.807) is 0 Å². The molecule has 0 spiro atoms. The van der Waals surface area contributed by atoms with Crippen molar-refractivity contribution in [2.45, 2.75) is 31.7 Å². The van der Waals surface area contributed by atoms with E-state index in [2.05, 4.69) is 0 Å². The summed E-state index contributed by atoms with van der Waals surface area (Å²) in [6.45, 7) is -0.140. The number of benzene rings is 2. The van der Waals surface area contributed by atoms with E-state index >= 15 is 0 Å². The zero-order valence-corrected chi connectivity index (χ0v) is 14.6. The van der Waals surface area contributed by atoms with Gasteiger partial charge in [0.05, 0.1) is 13.2 Å². The third kappa shape index (κ3) is 2.36. The molecule has 2 aliphatic heterocycles. The number of aliphatic hydroxyl groups is 1. The van der Waals surface area contributed by atoms with Crippen LogP contribution >= 0.6 is 0 Å². The molecule has 0 amide bonds. The van der Waals surface area contributed by atoms with Crippen LogP contribution in [0.3, 0.4) is 0 Å². The Bertz CT molecular complexity index is 970. The standard InChI is InChI=1S/C18H18O10/c1-26-3-7-6-4-27-16(10(6)14(23)15(24)11(7)20)17-9-5(18(25)28-17)2-8(19)12(21)13(9)22/h2,16-25H,3-4H2,1H3/t16-,17+,18+/m1/s1. The lowest BCUT2D eigenvalue weighted by atomic mass is 9.91. The molecule has 28 heavy (non-hydrogen) atoms. The minimum Gasteiger partial charge on any atom is -0.504 e. The lowest BCUT2D eigenvalue weighted by molar-refractivity contribution is -0.161. The highest BCUT2D eigenvalue weighted by Gasteiger charge is 2.46. The van der Waals surface area contributed by atoms with E-state index in [9.17, 15) is 35.7 Å². The van der Waals surface area contributed by atoms with Crippen LogP contribution in [-0.2, 0) is 27.4 Å². The van der Waals surface area contributed by atoms with Crippen molar-refractivity contribution in [3.63, 3.8) is 0 Å². The molecule has 3 atom stereocenters. The lowest BCUT2D eigenvalue weighted by Gasteiger charge is -2.22. The number of ether oxygens (including phenoxy) is 3. The van der Waals surface area contributed by atoms with Crippen LogP contribution in [0.2, 0.25) is 0 Å². The second-order valence-corrected chi connectivity index (χ2v) is 6.59. The Morgan fingerprint density at radius 2 is 1.61 bits per heavy atom. The molecule has 150 valence electrons. The number of hydrogen-bond donors (Lipinski definition) is 7. The number of fused-ring (bicyclic) bond motifs is 2. The smallest absolute Gasteiger partial charge is 0.201 e. The topological polar surface area (TPSA) is 169 Å². The molecule has 0 fully saturated rings. The first-order valence-corrected chi connectivity index (χ1v) is 8.28. The average molecular weight is 394 g/mol. The minimum atomic E-state index is -1.53. The second-order valence-electron chi connectivity index (χ2n) is 6.59. The Morgan fingerprint density at radius 1 is 0.929 bits per heavy atom. The van der Waals surface area contributed by atoms with E-state index in [4.69, 9.17) is 14.2 Å². The average Bonchev–Trinajstić information content (AvgIpc) is 3.23. The maximum absolute atomic E-state index is 10.4. The Morgan fingerprint density at radius 3 is 2.29 bits per heavy atom. The van der Waals surface area contributed by atoms with Crippen LogP contribution in [0.4, 0.5) is 0 Å². The zero-order valence-electron chi connectivity index (χ0n) is 14.6. The van der Waals surface area contributed by atoms with E-state index in [1.165, 1.54) is 7.11 Å². The molecule has 0 aromatic heterocycles. The molecule has 2 aromatic rings. The molecule has 0 radical (unpaired) electrons. The second kappa shape index (κ2) is 6.31. The van der Waals surface area contributed by atoms with E-state index in [0.29, 0.717) is 5.56 Å². The number of phenols is 6. The molecular formula is C18H18O10. The van der Waals surface area contributed by atoms with Crippen molar-refractivity contribution in [3.8, 4) is 34.5 Å². The maximum Gasteiger partial charge on any atom is 0.201 e. The highest BCUT2D eigenvalue weighted by atomic mass is 16.6. The van der Waals surface area contributed by atoms with Crippen LogP contribution < -0.4 is 0 Å². The largest absolute Gasteiger partial charge is 0.504 e. The molecule has 2 aliphatic rings. The minimum absolute atomic E-state index is 0.0226. The van der Waals surface area contributed by atoms with E-state index in [0.717, 1.165) is 6.07 Å². The van der Waals surface area contributed by atoms with E-state index < -0.39 is 53.0 Å². The van der Waals surface area contributed by atoms with Crippen LogP contribution in [0.1, 0.15) is 46.3 Å². The third-order valence-electron chi connectivity index (χ3n) is 5.09. The first-order chi connectivity index (χ1) is 13.3. The monoisotopic (exact) mass is 394 g/mol. The van der Waals surface area contributed by atoms with Gasteiger partial charge >= 0.3 is 0 Å². The van der Waals surface area contributed by atoms with Crippen LogP contribution in [0, 0.1) is 0 Å². The van der Waals surface area contributed by atoms with Crippen molar-refractivity contribution >= 4 is 0 Å². The number of hydrogen-bond acceptors (Lipinski definition) is 10. The summed E-state index contributed by atoms with van der Waals surface area (Å²) in [7, 11) is 1.39. The predicted octanol–water partition coefficient (Wildman–Crippen LogP) is 1.40. The van der Waals surface area contributed by atoms with Gasteiger partial charge in [-0.2, -0.15) is 0 Å². The molecule has 2 aromatic carbocycles. The molecule has 0 unspecified atom stereocenters. The molecule has 0 bridgehead atoms. The Hall–Kier alpha value is -2.92. The summed E-state index contributed by atoms with van der Waals surface area (Å²) >= 11 is 0. The molecule has 2 heterocycles. The molecule has 10 heteroatoms.